The van der Waals surface area contributed by atoms with E-state index in [1.807, 2.05) is 6.92 Å². The maximum Gasteiger partial charge on any atom is 0.416 e. The SMILES string of the molecule is CC[C@@H]1C[C@H](N(Cc2cc(C(F)(F)F)cc(C(F)(F)F)c2)c2ncc(-c3cnn(C)c3)cn2)CN1C(=O)N1CCC[C@@H]1C(=O)OC. The standard InChI is InChI=1S/C30H33F6N7O3/c1-4-23-11-24(17-43(23)28(45)41-7-5-6-25(41)26(44)46-3)42(27-37-12-19(13-38-27)20-14-39-40(2)16-20)15-18-8-21(29(31,32)33)10-22(9-18)30(34,35)36/h8-10,12-14,16,23-25H,4-7,11,15,17H2,1-3H3/t23-,24+,25-/m1/s1. The average Bonchev–Trinajstić information content (AvgIpc) is 3.78. The van der Waals surface area contributed by atoms with Crippen LogP contribution in [-0.4, -0.2) is 79.9 Å². The largest absolute Gasteiger partial charge is 0.467 e. The van der Waals surface area contributed by atoms with Crippen molar-refractivity contribution in [2.75, 3.05) is 25.1 Å². The monoisotopic (exact) mass is 653 g/mol. The van der Waals surface area contributed by atoms with E-state index in [1.54, 1.807) is 33.9 Å². The first-order valence-electron chi connectivity index (χ1n) is 14.7. The number of nitrogens with zero attached hydrogens (tertiary/aromatic N) is 7. The Morgan fingerprint density at radius 2 is 1.63 bits per heavy atom. The van der Waals surface area contributed by atoms with Crippen LogP contribution in [0.4, 0.5) is 37.1 Å². The summed E-state index contributed by atoms with van der Waals surface area (Å²) < 4.78 is 88.7. The summed E-state index contributed by atoms with van der Waals surface area (Å²) in [6.45, 7) is 1.92. The van der Waals surface area contributed by atoms with E-state index in [4.69, 9.17) is 4.74 Å². The highest BCUT2D eigenvalue weighted by atomic mass is 19.4. The van der Waals surface area contributed by atoms with E-state index in [9.17, 15) is 35.9 Å². The molecule has 0 N–H and O–H groups in total. The smallest absolute Gasteiger partial charge is 0.416 e. The van der Waals surface area contributed by atoms with E-state index in [1.165, 1.54) is 24.4 Å². The van der Waals surface area contributed by atoms with Crippen LogP contribution in [0.3, 0.4) is 0 Å². The molecule has 2 aliphatic rings. The third-order valence-electron chi connectivity index (χ3n) is 8.46. The van der Waals surface area contributed by atoms with Crippen LogP contribution in [0.15, 0.2) is 43.0 Å². The van der Waals surface area contributed by atoms with Crippen LogP contribution in [0.2, 0.25) is 0 Å². The van der Waals surface area contributed by atoms with Crippen LogP contribution in [0.25, 0.3) is 11.1 Å². The molecule has 46 heavy (non-hydrogen) atoms. The Morgan fingerprint density at radius 1 is 0.978 bits per heavy atom. The summed E-state index contributed by atoms with van der Waals surface area (Å²) in [4.78, 5) is 39.6. The molecular weight excluding hydrogens is 620 g/mol. The molecule has 2 amide bonds. The lowest BCUT2D eigenvalue weighted by Gasteiger charge is -2.32. The molecule has 2 aromatic heterocycles. The van der Waals surface area contributed by atoms with Gasteiger partial charge in [0.1, 0.15) is 6.04 Å². The van der Waals surface area contributed by atoms with Gasteiger partial charge in [-0.15, -0.1) is 0 Å². The number of anilines is 1. The summed E-state index contributed by atoms with van der Waals surface area (Å²) in [7, 11) is 2.98. The lowest BCUT2D eigenvalue weighted by Crippen LogP contribution is -2.50. The number of alkyl halides is 6. The molecule has 0 radical (unpaired) electrons. The number of hydrogen-bond donors (Lipinski definition) is 0. The Kier molecular flexibility index (Phi) is 9.18. The fourth-order valence-electron chi connectivity index (χ4n) is 6.14. The quantitative estimate of drug-likeness (QED) is 0.244. The van der Waals surface area contributed by atoms with Crippen molar-refractivity contribution in [2.24, 2.45) is 7.05 Å². The zero-order valence-electron chi connectivity index (χ0n) is 25.3. The number of amides is 2. The van der Waals surface area contributed by atoms with Gasteiger partial charge in [0.25, 0.3) is 0 Å². The van der Waals surface area contributed by atoms with Gasteiger partial charge in [-0.1, -0.05) is 6.92 Å². The van der Waals surface area contributed by atoms with Gasteiger partial charge in [0, 0.05) is 62.4 Å². The topological polar surface area (TPSA) is 96.7 Å². The normalized spacial score (nSPS) is 20.3. The maximum atomic E-state index is 13.8. The summed E-state index contributed by atoms with van der Waals surface area (Å²) in [6.07, 6.45) is -1.76. The van der Waals surface area contributed by atoms with Gasteiger partial charge in [-0.25, -0.2) is 19.6 Å². The second-order valence-electron chi connectivity index (χ2n) is 11.5. The predicted octanol–water partition coefficient (Wildman–Crippen LogP) is 5.53. The zero-order valence-corrected chi connectivity index (χ0v) is 25.3. The first kappa shape index (κ1) is 33.0. The zero-order chi connectivity index (χ0) is 33.4. The molecule has 3 atom stereocenters. The third kappa shape index (κ3) is 6.89. The number of aromatic nitrogens is 4. The number of rotatable bonds is 7. The van der Waals surface area contributed by atoms with Gasteiger partial charge >= 0.3 is 24.4 Å². The number of esters is 1. The first-order chi connectivity index (χ1) is 21.7. The van der Waals surface area contributed by atoms with Crippen LogP contribution in [-0.2, 0) is 35.5 Å². The minimum Gasteiger partial charge on any atom is -0.467 e. The Labute approximate surface area is 260 Å². The number of urea groups is 1. The van der Waals surface area contributed by atoms with Gasteiger partial charge < -0.3 is 19.4 Å². The Bertz CT molecular complexity index is 1530. The van der Waals surface area contributed by atoms with Crippen molar-refractivity contribution in [3.8, 4) is 11.1 Å². The molecule has 4 heterocycles. The molecule has 2 aliphatic heterocycles. The second kappa shape index (κ2) is 12.8. The number of methoxy groups -OCH3 is 1. The van der Waals surface area contributed by atoms with Crippen molar-refractivity contribution in [3.05, 3.63) is 59.7 Å². The van der Waals surface area contributed by atoms with Crippen molar-refractivity contribution in [2.45, 2.75) is 69.6 Å². The molecule has 0 unspecified atom stereocenters. The molecule has 0 saturated carbocycles. The second-order valence-corrected chi connectivity index (χ2v) is 11.5. The van der Waals surface area contributed by atoms with E-state index in [-0.39, 0.29) is 36.2 Å². The molecule has 10 nitrogen and oxygen atoms in total. The van der Waals surface area contributed by atoms with E-state index >= 15 is 0 Å². The molecule has 0 bridgehead atoms. The Hall–Kier alpha value is -4.37. The van der Waals surface area contributed by atoms with Crippen LogP contribution in [0.5, 0.6) is 0 Å². The number of aryl methyl sites for hydroxylation is 1. The molecule has 16 heteroatoms. The van der Waals surface area contributed by atoms with Crippen LogP contribution in [0, 0.1) is 0 Å². The minimum absolute atomic E-state index is 0.0707. The fraction of sp³-hybridized carbons (Fsp3) is 0.500. The summed E-state index contributed by atoms with van der Waals surface area (Å²) in [6, 6.07) is -0.543. The molecule has 3 aromatic rings. The summed E-state index contributed by atoms with van der Waals surface area (Å²) in [5.74, 6) is -0.454. The number of carbonyl (C=O) groups excluding carboxylic acids is 2. The number of benzene rings is 1. The first-order valence-corrected chi connectivity index (χ1v) is 14.7. The van der Waals surface area contributed by atoms with Crippen LogP contribution >= 0.6 is 0 Å². The summed E-state index contributed by atoms with van der Waals surface area (Å²) >= 11 is 0. The molecular formula is C30H33F6N7O3. The molecule has 1 aromatic carbocycles. The molecule has 0 spiro atoms. The van der Waals surface area contributed by atoms with Gasteiger partial charge in [0.15, 0.2) is 0 Å². The maximum absolute atomic E-state index is 13.8. The Balaban J connectivity index is 1.51. The van der Waals surface area contributed by atoms with E-state index in [0.717, 1.165) is 0 Å². The highest BCUT2D eigenvalue weighted by Crippen LogP contribution is 2.38. The van der Waals surface area contributed by atoms with Gasteiger partial charge in [-0.3, -0.25) is 4.68 Å². The van der Waals surface area contributed by atoms with E-state index in [0.29, 0.717) is 55.5 Å². The molecule has 0 aliphatic carbocycles. The fourth-order valence-corrected chi connectivity index (χ4v) is 6.14. The summed E-state index contributed by atoms with van der Waals surface area (Å²) in [5, 5.41) is 4.12. The van der Waals surface area contributed by atoms with Crippen molar-refractivity contribution in [1.82, 2.24) is 29.5 Å². The molecule has 2 saturated heterocycles. The van der Waals surface area contributed by atoms with Gasteiger partial charge in [0.05, 0.1) is 30.5 Å². The highest BCUT2D eigenvalue weighted by molar-refractivity contribution is 5.84. The number of carbonyl (C=O) groups is 2. The lowest BCUT2D eigenvalue weighted by molar-refractivity contribution is -0.145. The van der Waals surface area contributed by atoms with Crippen molar-refractivity contribution in [3.63, 3.8) is 0 Å². The predicted molar refractivity (Wildman–Crippen MR) is 153 cm³/mol. The van der Waals surface area contributed by atoms with Crippen molar-refractivity contribution < 1.29 is 40.7 Å². The third-order valence-corrected chi connectivity index (χ3v) is 8.46. The van der Waals surface area contributed by atoms with E-state index in [2.05, 4.69) is 15.1 Å². The minimum atomic E-state index is -5.02. The van der Waals surface area contributed by atoms with Gasteiger partial charge in [-0.05, 0) is 49.4 Å². The van der Waals surface area contributed by atoms with Gasteiger partial charge in [-0.2, -0.15) is 31.4 Å². The highest BCUT2D eigenvalue weighted by Gasteiger charge is 2.44. The van der Waals surface area contributed by atoms with Crippen molar-refractivity contribution >= 4 is 17.9 Å². The summed E-state index contributed by atoms with van der Waals surface area (Å²) in [5.41, 5.74) is -1.79. The average molecular weight is 654 g/mol. The number of likely N-dealkylation sites (tertiary alicyclic amines) is 2. The van der Waals surface area contributed by atoms with Gasteiger partial charge in [0.2, 0.25) is 5.95 Å². The Morgan fingerprint density at radius 3 is 2.17 bits per heavy atom. The molecule has 248 valence electrons. The van der Waals surface area contributed by atoms with Crippen LogP contribution in [0.1, 0.15) is 49.3 Å². The lowest BCUT2D eigenvalue weighted by atomic mass is 10.0. The molecule has 5 rings (SSSR count). The molecule has 2 fully saturated rings. The number of hydrogen-bond acceptors (Lipinski definition) is 7. The van der Waals surface area contributed by atoms with Crippen molar-refractivity contribution in [1.29, 1.82) is 0 Å². The van der Waals surface area contributed by atoms with E-state index < -0.39 is 48.1 Å². The van der Waals surface area contributed by atoms with Crippen LogP contribution < -0.4 is 4.90 Å². The number of halogens is 6. The number of ether oxygens (including phenoxy) is 1.